The summed E-state index contributed by atoms with van der Waals surface area (Å²) in [5.74, 6) is 1.52. The summed E-state index contributed by atoms with van der Waals surface area (Å²) in [5.41, 5.74) is 1.63. The second-order valence-electron chi connectivity index (χ2n) is 6.84. The lowest BCUT2D eigenvalue weighted by Crippen LogP contribution is -2.25. The minimum atomic E-state index is -3.41. The summed E-state index contributed by atoms with van der Waals surface area (Å²) < 4.78 is 27.9. The monoisotopic (exact) mass is 396 g/mol. The third kappa shape index (κ3) is 4.66. The second-order valence-corrected chi connectivity index (χ2v) is 9.91. The van der Waals surface area contributed by atoms with Crippen LogP contribution in [0.2, 0.25) is 0 Å². The van der Waals surface area contributed by atoms with Gasteiger partial charge < -0.3 is 4.98 Å². The summed E-state index contributed by atoms with van der Waals surface area (Å²) >= 11 is 1.74. The highest BCUT2D eigenvalue weighted by atomic mass is 32.2. The van der Waals surface area contributed by atoms with Crippen molar-refractivity contribution in [2.45, 2.75) is 43.6 Å². The molecule has 0 amide bonds. The van der Waals surface area contributed by atoms with E-state index in [4.69, 9.17) is 0 Å². The van der Waals surface area contributed by atoms with Gasteiger partial charge in [0.2, 0.25) is 0 Å². The fraction of sp³-hybridized carbons (Fsp3) is 0.556. The predicted molar refractivity (Wildman–Crippen MR) is 105 cm³/mol. The van der Waals surface area contributed by atoms with Gasteiger partial charge in [0.05, 0.1) is 29.5 Å². The number of thioether (sulfide) groups is 1. The van der Waals surface area contributed by atoms with Gasteiger partial charge in [0.1, 0.15) is 5.82 Å². The normalized spacial score (nSPS) is 21.2. The molecule has 1 N–H and O–H groups in total. The fourth-order valence-corrected chi connectivity index (χ4v) is 5.81. The molecule has 1 saturated carbocycles. The molecule has 0 spiro atoms. The van der Waals surface area contributed by atoms with Gasteiger partial charge in [-0.3, -0.25) is 8.98 Å². The minimum Gasteiger partial charge on any atom is -0.309 e. The maximum absolute atomic E-state index is 12.3. The molecular weight excluding hydrogens is 372 g/mol. The van der Waals surface area contributed by atoms with Crippen LogP contribution >= 0.6 is 11.8 Å². The van der Waals surface area contributed by atoms with Crippen molar-refractivity contribution in [3.05, 3.63) is 39.9 Å². The number of H-pyrrole nitrogens is 1. The second kappa shape index (κ2) is 8.10. The van der Waals surface area contributed by atoms with Crippen molar-refractivity contribution >= 4 is 32.8 Å². The largest absolute Gasteiger partial charge is 0.309 e. The number of aromatic amines is 1. The third-order valence-corrected chi connectivity index (χ3v) is 7.60. The molecule has 2 atom stereocenters. The number of aryl methyl sites for hydroxylation is 1. The zero-order valence-electron chi connectivity index (χ0n) is 15.0. The molecular formula is C18H24N2O4S2. The van der Waals surface area contributed by atoms with E-state index in [0.29, 0.717) is 22.2 Å². The molecule has 0 bridgehead atoms. The fourth-order valence-electron chi connectivity index (χ4n) is 3.52. The molecule has 1 aliphatic carbocycles. The van der Waals surface area contributed by atoms with Crippen LogP contribution in [0, 0.1) is 12.8 Å². The summed E-state index contributed by atoms with van der Waals surface area (Å²) in [6.07, 6.45) is 3.85. The van der Waals surface area contributed by atoms with E-state index < -0.39 is 10.1 Å². The van der Waals surface area contributed by atoms with Crippen molar-refractivity contribution < 1.29 is 12.6 Å². The van der Waals surface area contributed by atoms with Crippen molar-refractivity contribution in [3.8, 4) is 0 Å². The van der Waals surface area contributed by atoms with Gasteiger partial charge in [-0.1, -0.05) is 18.6 Å². The van der Waals surface area contributed by atoms with Crippen LogP contribution in [0.15, 0.2) is 23.0 Å². The summed E-state index contributed by atoms with van der Waals surface area (Å²) in [6, 6.07) is 5.60. The van der Waals surface area contributed by atoms with E-state index in [9.17, 15) is 13.2 Å². The highest BCUT2D eigenvalue weighted by Gasteiger charge is 2.26. The number of fused-ring (bicyclic) bond motifs is 1. The van der Waals surface area contributed by atoms with Crippen LogP contribution in [0.5, 0.6) is 0 Å². The number of aromatic nitrogens is 2. The summed E-state index contributed by atoms with van der Waals surface area (Å²) in [5, 5.41) is 0.986. The summed E-state index contributed by atoms with van der Waals surface area (Å²) in [7, 11) is -2.20. The predicted octanol–water partition coefficient (Wildman–Crippen LogP) is 3.00. The zero-order valence-corrected chi connectivity index (χ0v) is 16.7. The first-order chi connectivity index (χ1) is 12.4. The molecule has 2 unspecified atom stereocenters. The maximum Gasteiger partial charge on any atom is 0.267 e. The van der Waals surface area contributed by atoms with Gasteiger partial charge in [-0.2, -0.15) is 20.2 Å². The Kier molecular flexibility index (Phi) is 6.04. The van der Waals surface area contributed by atoms with E-state index in [1.165, 1.54) is 7.11 Å². The minimum absolute atomic E-state index is 0.0881. The molecule has 3 rings (SSSR count). The average molecular weight is 397 g/mol. The number of benzene rings is 1. The summed E-state index contributed by atoms with van der Waals surface area (Å²) in [4.78, 5) is 19.8. The van der Waals surface area contributed by atoms with Gasteiger partial charge in [0.15, 0.2) is 0 Å². The molecule has 6 nitrogen and oxygen atoms in total. The van der Waals surface area contributed by atoms with Crippen molar-refractivity contribution in [2.75, 3.05) is 12.9 Å². The van der Waals surface area contributed by atoms with Gasteiger partial charge in [-0.15, -0.1) is 0 Å². The van der Waals surface area contributed by atoms with Gasteiger partial charge in [0.25, 0.3) is 15.7 Å². The van der Waals surface area contributed by atoms with Gasteiger partial charge in [-0.05, 0) is 43.7 Å². The highest BCUT2D eigenvalue weighted by Crippen LogP contribution is 2.34. The Morgan fingerprint density at radius 3 is 2.92 bits per heavy atom. The summed E-state index contributed by atoms with van der Waals surface area (Å²) in [6.45, 7) is 1.95. The van der Waals surface area contributed by atoms with Crippen molar-refractivity contribution in [1.82, 2.24) is 9.97 Å². The smallest absolute Gasteiger partial charge is 0.267 e. The molecule has 0 aliphatic heterocycles. The lowest BCUT2D eigenvalue weighted by Gasteiger charge is -2.28. The zero-order chi connectivity index (χ0) is 18.7. The maximum atomic E-state index is 12.3. The lowest BCUT2D eigenvalue weighted by atomic mass is 9.90. The Morgan fingerprint density at radius 2 is 2.15 bits per heavy atom. The van der Waals surface area contributed by atoms with E-state index >= 15 is 0 Å². The third-order valence-electron chi connectivity index (χ3n) is 4.87. The molecule has 2 aromatic rings. The van der Waals surface area contributed by atoms with Crippen molar-refractivity contribution in [2.24, 2.45) is 5.92 Å². The van der Waals surface area contributed by atoms with E-state index in [1.54, 1.807) is 17.8 Å². The van der Waals surface area contributed by atoms with Crippen LogP contribution in [0.3, 0.4) is 0 Å². The molecule has 142 valence electrons. The van der Waals surface area contributed by atoms with Crippen LogP contribution in [-0.2, 0) is 20.1 Å². The quantitative estimate of drug-likeness (QED) is 0.755. The number of para-hydroxylation sites is 1. The van der Waals surface area contributed by atoms with Crippen LogP contribution in [-0.4, -0.2) is 36.5 Å². The molecule has 1 aliphatic rings. The number of hydrogen-bond donors (Lipinski definition) is 1. The molecule has 26 heavy (non-hydrogen) atoms. The van der Waals surface area contributed by atoms with E-state index in [0.717, 1.165) is 36.8 Å². The molecule has 8 heteroatoms. The average Bonchev–Trinajstić information content (AvgIpc) is 2.61. The molecule has 0 saturated heterocycles. The van der Waals surface area contributed by atoms with Gasteiger partial charge in [-0.25, -0.2) is 4.98 Å². The first-order valence-electron chi connectivity index (χ1n) is 8.76. The van der Waals surface area contributed by atoms with E-state index in [2.05, 4.69) is 14.2 Å². The first kappa shape index (κ1) is 19.4. The molecule has 1 aromatic carbocycles. The van der Waals surface area contributed by atoms with Crippen molar-refractivity contribution in [1.29, 1.82) is 0 Å². The lowest BCUT2D eigenvalue weighted by molar-refractivity contribution is 0.358. The van der Waals surface area contributed by atoms with Crippen LogP contribution in [0.25, 0.3) is 10.9 Å². The number of hydrogen-bond acceptors (Lipinski definition) is 6. The Balaban J connectivity index is 1.66. The van der Waals surface area contributed by atoms with Gasteiger partial charge in [0, 0.05) is 5.25 Å². The molecule has 1 aromatic heterocycles. The Labute approximate surface area is 157 Å². The van der Waals surface area contributed by atoms with Crippen molar-refractivity contribution in [3.63, 3.8) is 0 Å². The number of nitrogens with one attached hydrogen (secondary N) is 1. The SMILES string of the molecule is COS(=O)(=O)CC1CCCC(SCc2nc3c(C)cccc3c(=O)[nH]2)C1. The Hall–Kier alpha value is -1.38. The number of nitrogens with zero attached hydrogens (tertiary/aromatic N) is 1. The highest BCUT2D eigenvalue weighted by molar-refractivity contribution is 7.99. The number of rotatable bonds is 6. The Bertz CT molecular complexity index is 940. The van der Waals surface area contributed by atoms with Crippen LogP contribution < -0.4 is 5.56 Å². The first-order valence-corrected chi connectivity index (χ1v) is 11.4. The topological polar surface area (TPSA) is 89.1 Å². The van der Waals surface area contributed by atoms with Gasteiger partial charge >= 0.3 is 0 Å². The molecule has 0 radical (unpaired) electrons. The van der Waals surface area contributed by atoms with E-state index in [-0.39, 0.29) is 17.2 Å². The molecule has 1 fully saturated rings. The van der Waals surface area contributed by atoms with Crippen LogP contribution in [0.4, 0.5) is 0 Å². The van der Waals surface area contributed by atoms with E-state index in [1.807, 2.05) is 19.1 Å². The van der Waals surface area contributed by atoms with Crippen LogP contribution in [0.1, 0.15) is 37.1 Å². The Morgan fingerprint density at radius 1 is 1.35 bits per heavy atom. The molecule has 1 heterocycles. The standard InChI is InChI=1S/C18H24N2O4S2/c1-12-5-3-8-15-17(12)19-16(20-18(15)21)10-25-14-7-4-6-13(9-14)11-26(22,23)24-2/h3,5,8,13-14H,4,6-7,9-11H2,1-2H3,(H,19,20,21).